The summed E-state index contributed by atoms with van der Waals surface area (Å²) in [4.78, 5) is 1.75. The van der Waals surface area contributed by atoms with E-state index in [0.29, 0.717) is 0 Å². The molecule has 0 saturated carbocycles. The molecule has 0 aliphatic carbocycles. The Morgan fingerprint density at radius 2 is 1.40 bits per heavy atom. The summed E-state index contributed by atoms with van der Waals surface area (Å²) in [6.07, 6.45) is 0. The van der Waals surface area contributed by atoms with Crippen molar-refractivity contribution in [2.24, 2.45) is 0 Å². The molecule has 0 bridgehead atoms. The van der Waals surface area contributed by atoms with E-state index in [2.05, 4.69) is 7.05 Å². The van der Waals surface area contributed by atoms with Gasteiger partial charge < -0.3 is 4.90 Å². The van der Waals surface area contributed by atoms with Gasteiger partial charge in [0.2, 0.25) is 0 Å². The molecular formula is C3H12GeN. The second-order valence-electron chi connectivity index (χ2n) is 1.08. The summed E-state index contributed by atoms with van der Waals surface area (Å²) in [5.74, 6) is 0. The first-order valence-electron chi connectivity index (χ1n) is 1.21. The second kappa shape index (κ2) is 4.50. The third-order valence-electron chi connectivity index (χ3n) is 0. The van der Waals surface area contributed by atoms with Crippen molar-refractivity contribution in [1.29, 1.82) is 0 Å². The minimum atomic E-state index is 0. The van der Waals surface area contributed by atoms with Crippen LogP contribution in [0.4, 0.5) is 0 Å². The molecule has 0 aliphatic rings. The average Bonchev–Trinajstić information content (AvgIpc) is 0.811. The van der Waals surface area contributed by atoms with Gasteiger partial charge in [-0.3, -0.25) is 0 Å². The van der Waals surface area contributed by atoms with Crippen LogP contribution in [-0.4, -0.2) is 36.6 Å². The summed E-state index contributed by atoms with van der Waals surface area (Å²) in [6, 6.07) is 0. The Hall–Kier alpha value is 0.503. The fourth-order valence-electron chi connectivity index (χ4n) is 0. The Bertz CT molecular complexity index is 11.6. The minimum absolute atomic E-state index is 0. The van der Waals surface area contributed by atoms with Gasteiger partial charge in [-0.25, -0.2) is 0 Å². The van der Waals surface area contributed by atoms with E-state index in [1.807, 2.05) is 14.1 Å². The molecule has 0 saturated heterocycles. The molecule has 0 aromatic heterocycles. The molecule has 1 radical (unpaired) electrons. The van der Waals surface area contributed by atoms with E-state index in [4.69, 9.17) is 0 Å². The third-order valence-corrected chi connectivity index (χ3v) is 0. The molecule has 0 aromatic rings. The molecule has 0 heterocycles. The number of rotatable bonds is 0. The van der Waals surface area contributed by atoms with E-state index >= 15 is 0 Å². The Kier molecular flexibility index (Phi) is 8.19. The van der Waals surface area contributed by atoms with Crippen LogP contribution in [0.5, 0.6) is 0 Å². The zero-order valence-electron chi connectivity index (χ0n) is 3.15. The van der Waals surface area contributed by atoms with Crippen molar-refractivity contribution in [3.05, 3.63) is 7.05 Å². The van der Waals surface area contributed by atoms with Crippen LogP contribution in [0, 0.1) is 7.05 Å². The zero-order valence-corrected chi connectivity index (χ0v) is 3.15. The van der Waals surface area contributed by atoms with Crippen molar-refractivity contribution in [2.75, 3.05) is 14.1 Å². The molecule has 0 fully saturated rings. The Labute approximate surface area is 44.3 Å². The molecule has 5 heavy (non-hydrogen) atoms. The van der Waals surface area contributed by atoms with Crippen LogP contribution >= 0.6 is 0 Å². The summed E-state index contributed by atoms with van der Waals surface area (Å²) < 4.78 is 0. The van der Waals surface area contributed by atoms with Gasteiger partial charge in [-0.1, -0.05) is 0 Å². The summed E-state index contributed by atoms with van der Waals surface area (Å²) in [6.45, 7) is 0. The molecule has 0 aliphatic heterocycles. The van der Waals surface area contributed by atoms with Gasteiger partial charge in [0.25, 0.3) is 0 Å². The van der Waals surface area contributed by atoms with Crippen LogP contribution in [0.25, 0.3) is 0 Å². The SMILES string of the molecule is [CH2]N(C)C.[GeH4]. The predicted octanol–water partition coefficient (Wildman–Crippen LogP) is -1.11. The topological polar surface area (TPSA) is 3.24 Å². The summed E-state index contributed by atoms with van der Waals surface area (Å²) in [5.41, 5.74) is 0. The predicted molar refractivity (Wildman–Crippen MR) is 30.4 cm³/mol. The molecule has 0 rings (SSSR count). The van der Waals surface area contributed by atoms with Gasteiger partial charge in [0.15, 0.2) is 0 Å². The van der Waals surface area contributed by atoms with E-state index in [0.717, 1.165) is 0 Å². The van der Waals surface area contributed by atoms with E-state index in [1.54, 1.807) is 4.90 Å². The van der Waals surface area contributed by atoms with Crippen LogP contribution in [0.1, 0.15) is 0 Å². The molecule has 0 N–H and O–H groups in total. The monoisotopic (exact) mass is 136 g/mol. The van der Waals surface area contributed by atoms with Crippen molar-refractivity contribution in [1.82, 2.24) is 4.90 Å². The van der Waals surface area contributed by atoms with Gasteiger partial charge >= 0.3 is 17.6 Å². The van der Waals surface area contributed by atoms with E-state index < -0.39 is 0 Å². The summed E-state index contributed by atoms with van der Waals surface area (Å²) in [7, 11) is 7.25. The first kappa shape index (κ1) is 9.09. The maximum atomic E-state index is 3.47. The zero-order chi connectivity index (χ0) is 3.58. The van der Waals surface area contributed by atoms with Crippen molar-refractivity contribution >= 4 is 17.6 Å². The summed E-state index contributed by atoms with van der Waals surface area (Å²) in [5, 5.41) is 0. The molecule has 0 aromatic carbocycles. The van der Waals surface area contributed by atoms with E-state index in [9.17, 15) is 0 Å². The number of hydrogen-bond acceptors (Lipinski definition) is 1. The van der Waals surface area contributed by atoms with Gasteiger partial charge in [-0.15, -0.1) is 0 Å². The van der Waals surface area contributed by atoms with Crippen LogP contribution in [-0.2, 0) is 0 Å². The van der Waals surface area contributed by atoms with E-state index in [1.165, 1.54) is 0 Å². The Balaban J connectivity index is 0. The molecule has 0 spiro atoms. The Morgan fingerprint density at radius 1 is 1.40 bits per heavy atom. The molecule has 33 valence electrons. The molecule has 1 nitrogen and oxygen atoms in total. The van der Waals surface area contributed by atoms with Gasteiger partial charge in [0.1, 0.15) is 0 Å². The number of hydrogen-bond donors (Lipinski definition) is 0. The molecule has 0 unspecified atom stereocenters. The van der Waals surface area contributed by atoms with Crippen molar-refractivity contribution < 1.29 is 0 Å². The number of nitrogens with zero attached hydrogens (tertiary/aromatic N) is 1. The Morgan fingerprint density at radius 3 is 1.40 bits per heavy atom. The van der Waals surface area contributed by atoms with Crippen LogP contribution in [0.2, 0.25) is 0 Å². The van der Waals surface area contributed by atoms with Crippen molar-refractivity contribution in [2.45, 2.75) is 0 Å². The van der Waals surface area contributed by atoms with Crippen LogP contribution in [0.15, 0.2) is 0 Å². The van der Waals surface area contributed by atoms with Crippen LogP contribution < -0.4 is 0 Å². The normalized spacial score (nSPS) is 7.20. The fraction of sp³-hybridized carbons (Fsp3) is 0.667. The second-order valence-corrected chi connectivity index (χ2v) is 1.08. The first-order valence-corrected chi connectivity index (χ1v) is 1.21. The van der Waals surface area contributed by atoms with Gasteiger partial charge in [0, 0.05) is 7.05 Å². The van der Waals surface area contributed by atoms with Gasteiger partial charge in [-0.05, 0) is 14.1 Å². The van der Waals surface area contributed by atoms with E-state index in [-0.39, 0.29) is 17.6 Å². The maximum absolute atomic E-state index is 3.47. The van der Waals surface area contributed by atoms with Crippen molar-refractivity contribution in [3.8, 4) is 0 Å². The van der Waals surface area contributed by atoms with Gasteiger partial charge in [-0.2, -0.15) is 0 Å². The summed E-state index contributed by atoms with van der Waals surface area (Å²) >= 11 is 0. The standard InChI is InChI=1S/C3H8N.GeH4/c1-4(2)3;/h1H2,2-3H3;1H4. The van der Waals surface area contributed by atoms with Crippen molar-refractivity contribution in [3.63, 3.8) is 0 Å². The molecule has 0 atom stereocenters. The third kappa shape index (κ3) is 112. The molecule has 0 amide bonds. The molecule has 2 heteroatoms. The molecular weight excluding hydrogens is 123 g/mol. The quantitative estimate of drug-likeness (QED) is 0.380. The average molecular weight is 135 g/mol. The fourth-order valence-corrected chi connectivity index (χ4v) is 0. The van der Waals surface area contributed by atoms with Gasteiger partial charge in [0.05, 0.1) is 0 Å². The first-order chi connectivity index (χ1) is 1.73. The van der Waals surface area contributed by atoms with Crippen LogP contribution in [0.3, 0.4) is 0 Å².